The normalized spacial score (nSPS) is 20.4. The number of hydrogen-bond donors (Lipinski definition) is 1. The lowest BCUT2D eigenvalue weighted by atomic mass is 10.2. The maximum absolute atomic E-state index is 12.2. The number of pyridine rings is 1. The third kappa shape index (κ3) is 2.07. The Morgan fingerprint density at radius 2 is 2.19 bits per heavy atom. The zero-order valence-electron chi connectivity index (χ0n) is 7.91. The summed E-state index contributed by atoms with van der Waals surface area (Å²) in [4.78, 5) is 14.4. The van der Waals surface area contributed by atoms with Crippen LogP contribution in [-0.4, -0.2) is 17.7 Å². The molecular weight excluding hydrogens is 225 g/mol. The molecule has 1 atom stereocenters. The van der Waals surface area contributed by atoms with E-state index in [2.05, 4.69) is 15.0 Å². The van der Waals surface area contributed by atoms with E-state index in [1.54, 1.807) is 0 Å². The number of amides is 1. The molecular formula is C9H7F3N2O2. The fraction of sp³-hybridized carbons (Fsp3) is 0.333. The number of aromatic nitrogens is 1. The van der Waals surface area contributed by atoms with E-state index in [0.29, 0.717) is 5.69 Å². The van der Waals surface area contributed by atoms with Gasteiger partial charge in [-0.05, 0) is 12.1 Å². The van der Waals surface area contributed by atoms with Crippen LogP contribution in [0, 0.1) is 0 Å². The van der Waals surface area contributed by atoms with Gasteiger partial charge in [-0.25, -0.2) is 4.79 Å². The molecule has 1 aromatic heterocycles. The van der Waals surface area contributed by atoms with Crippen molar-refractivity contribution in [3.05, 3.63) is 29.6 Å². The van der Waals surface area contributed by atoms with Crippen LogP contribution in [0.2, 0.25) is 0 Å². The van der Waals surface area contributed by atoms with Crippen molar-refractivity contribution in [1.29, 1.82) is 0 Å². The zero-order chi connectivity index (χ0) is 11.8. The first-order valence-corrected chi connectivity index (χ1v) is 4.43. The van der Waals surface area contributed by atoms with E-state index < -0.39 is 23.9 Å². The SMILES string of the molecule is O=C1NC(c2ccc(C(F)(F)F)cn2)CO1. The van der Waals surface area contributed by atoms with Crippen LogP contribution in [-0.2, 0) is 10.9 Å². The molecule has 16 heavy (non-hydrogen) atoms. The zero-order valence-corrected chi connectivity index (χ0v) is 7.91. The minimum absolute atomic E-state index is 0.0806. The summed E-state index contributed by atoms with van der Waals surface area (Å²) in [5.41, 5.74) is -0.472. The number of hydrogen-bond acceptors (Lipinski definition) is 3. The summed E-state index contributed by atoms with van der Waals surface area (Å²) in [6, 6.07) is 1.67. The summed E-state index contributed by atoms with van der Waals surface area (Å²) < 4.78 is 41.3. The molecule has 0 spiro atoms. The predicted octanol–water partition coefficient (Wildman–Crippen LogP) is 1.88. The van der Waals surface area contributed by atoms with Gasteiger partial charge in [0.1, 0.15) is 12.6 Å². The molecule has 1 aliphatic heterocycles. The molecule has 1 fully saturated rings. The molecule has 86 valence electrons. The molecule has 7 heteroatoms. The van der Waals surface area contributed by atoms with Crippen molar-refractivity contribution in [3.63, 3.8) is 0 Å². The van der Waals surface area contributed by atoms with Crippen molar-refractivity contribution < 1.29 is 22.7 Å². The maximum Gasteiger partial charge on any atom is 0.417 e. The number of carbonyl (C=O) groups excluding carboxylic acids is 1. The van der Waals surface area contributed by atoms with Crippen LogP contribution in [0.5, 0.6) is 0 Å². The van der Waals surface area contributed by atoms with E-state index in [9.17, 15) is 18.0 Å². The third-order valence-corrected chi connectivity index (χ3v) is 2.14. The average Bonchev–Trinajstić information content (AvgIpc) is 2.64. The Morgan fingerprint density at radius 3 is 2.62 bits per heavy atom. The Hall–Kier alpha value is -1.79. The molecule has 4 nitrogen and oxygen atoms in total. The van der Waals surface area contributed by atoms with Crippen LogP contribution in [0.3, 0.4) is 0 Å². The molecule has 1 N–H and O–H groups in total. The Labute approximate surface area is 88.4 Å². The second kappa shape index (κ2) is 3.66. The molecule has 1 aromatic rings. The summed E-state index contributed by atoms with van der Waals surface area (Å²) in [5, 5.41) is 2.42. The molecule has 0 radical (unpaired) electrons. The number of rotatable bonds is 1. The standard InChI is InChI=1S/C9H7F3N2O2/c10-9(11,12)5-1-2-6(13-3-5)7-4-16-8(15)14-7/h1-3,7H,4H2,(H,14,15). The summed E-state index contributed by atoms with van der Waals surface area (Å²) in [7, 11) is 0. The van der Waals surface area contributed by atoms with Gasteiger partial charge in [0, 0.05) is 6.20 Å². The number of alkyl carbamates (subject to hydrolysis) is 1. The summed E-state index contributed by atoms with van der Waals surface area (Å²) in [6.07, 6.45) is -4.26. The lowest BCUT2D eigenvalue weighted by Crippen LogP contribution is -2.19. The highest BCUT2D eigenvalue weighted by atomic mass is 19.4. The van der Waals surface area contributed by atoms with Crippen molar-refractivity contribution in [3.8, 4) is 0 Å². The lowest BCUT2D eigenvalue weighted by molar-refractivity contribution is -0.137. The first-order chi connectivity index (χ1) is 7.47. The topological polar surface area (TPSA) is 51.2 Å². The Kier molecular flexibility index (Phi) is 2.45. The minimum Gasteiger partial charge on any atom is -0.447 e. The Bertz CT molecular complexity index is 402. The van der Waals surface area contributed by atoms with Gasteiger partial charge in [0.25, 0.3) is 0 Å². The summed E-state index contributed by atoms with van der Waals surface area (Å²) in [5.74, 6) is 0. The predicted molar refractivity (Wildman–Crippen MR) is 46.5 cm³/mol. The first kappa shape index (κ1) is 10.7. The molecule has 0 bridgehead atoms. The monoisotopic (exact) mass is 232 g/mol. The van der Waals surface area contributed by atoms with E-state index in [0.717, 1.165) is 12.3 Å². The van der Waals surface area contributed by atoms with Gasteiger partial charge in [0.05, 0.1) is 11.3 Å². The third-order valence-electron chi connectivity index (χ3n) is 2.14. The fourth-order valence-corrected chi connectivity index (χ4v) is 1.32. The Morgan fingerprint density at radius 1 is 1.44 bits per heavy atom. The van der Waals surface area contributed by atoms with Gasteiger partial charge in [-0.15, -0.1) is 0 Å². The molecule has 1 unspecified atom stereocenters. The number of ether oxygens (including phenoxy) is 1. The molecule has 1 amide bonds. The van der Waals surface area contributed by atoms with Gasteiger partial charge >= 0.3 is 12.3 Å². The number of nitrogens with one attached hydrogen (secondary N) is 1. The van der Waals surface area contributed by atoms with Gasteiger partial charge in [-0.3, -0.25) is 4.98 Å². The molecule has 2 heterocycles. The second-order valence-corrected chi connectivity index (χ2v) is 3.26. The smallest absolute Gasteiger partial charge is 0.417 e. The van der Waals surface area contributed by atoms with Crippen LogP contribution in [0.25, 0.3) is 0 Å². The largest absolute Gasteiger partial charge is 0.447 e. The molecule has 1 aliphatic rings. The van der Waals surface area contributed by atoms with Crippen molar-refractivity contribution in [2.24, 2.45) is 0 Å². The van der Waals surface area contributed by atoms with Crippen LogP contribution in [0.15, 0.2) is 18.3 Å². The van der Waals surface area contributed by atoms with Crippen LogP contribution in [0.4, 0.5) is 18.0 Å². The molecule has 0 saturated carbocycles. The number of alkyl halides is 3. The molecule has 0 aliphatic carbocycles. The van der Waals surface area contributed by atoms with Crippen molar-refractivity contribution in [2.45, 2.75) is 12.2 Å². The van der Waals surface area contributed by atoms with Crippen molar-refractivity contribution >= 4 is 6.09 Å². The van der Waals surface area contributed by atoms with E-state index in [1.165, 1.54) is 6.07 Å². The van der Waals surface area contributed by atoms with Gasteiger partial charge in [0.2, 0.25) is 0 Å². The number of nitrogens with zero attached hydrogens (tertiary/aromatic N) is 1. The summed E-state index contributed by atoms with van der Waals surface area (Å²) in [6.45, 7) is 0.0806. The van der Waals surface area contributed by atoms with Crippen molar-refractivity contribution in [1.82, 2.24) is 10.3 Å². The minimum atomic E-state index is -4.40. The Balaban J connectivity index is 2.17. The van der Waals surface area contributed by atoms with E-state index in [1.807, 2.05) is 0 Å². The van der Waals surface area contributed by atoms with Gasteiger partial charge < -0.3 is 10.1 Å². The first-order valence-electron chi connectivity index (χ1n) is 4.43. The number of halogens is 3. The van der Waals surface area contributed by atoms with Crippen LogP contribution < -0.4 is 5.32 Å². The number of cyclic esters (lactones) is 1. The molecule has 0 aromatic carbocycles. The van der Waals surface area contributed by atoms with E-state index in [-0.39, 0.29) is 6.61 Å². The lowest BCUT2D eigenvalue weighted by Gasteiger charge is -2.09. The fourth-order valence-electron chi connectivity index (χ4n) is 1.32. The van der Waals surface area contributed by atoms with E-state index in [4.69, 9.17) is 0 Å². The van der Waals surface area contributed by atoms with Gasteiger partial charge in [-0.2, -0.15) is 13.2 Å². The highest BCUT2D eigenvalue weighted by Gasteiger charge is 2.31. The maximum atomic E-state index is 12.2. The molecule has 1 saturated heterocycles. The van der Waals surface area contributed by atoms with Crippen LogP contribution >= 0.6 is 0 Å². The van der Waals surface area contributed by atoms with Gasteiger partial charge in [-0.1, -0.05) is 0 Å². The van der Waals surface area contributed by atoms with Gasteiger partial charge in [0.15, 0.2) is 0 Å². The quantitative estimate of drug-likeness (QED) is 0.804. The highest BCUT2D eigenvalue weighted by molar-refractivity contribution is 5.69. The average molecular weight is 232 g/mol. The second-order valence-electron chi connectivity index (χ2n) is 3.26. The van der Waals surface area contributed by atoms with Crippen LogP contribution in [0.1, 0.15) is 17.3 Å². The number of carbonyl (C=O) groups is 1. The summed E-state index contributed by atoms with van der Waals surface area (Å²) >= 11 is 0. The van der Waals surface area contributed by atoms with E-state index >= 15 is 0 Å². The van der Waals surface area contributed by atoms with Crippen molar-refractivity contribution in [2.75, 3.05) is 6.61 Å². The highest BCUT2D eigenvalue weighted by Crippen LogP contribution is 2.29. The molecule has 2 rings (SSSR count).